The van der Waals surface area contributed by atoms with Gasteiger partial charge in [-0.05, 0) is 61.5 Å². The van der Waals surface area contributed by atoms with Crippen molar-refractivity contribution in [3.63, 3.8) is 0 Å². The first-order valence-corrected chi connectivity index (χ1v) is 14.3. The molecule has 4 aromatic rings. The highest BCUT2D eigenvalue weighted by molar-refractivity contribution is 6.32. The molecule has 0 bridgehead atoms. The van der Waals surface area contributed by atoms with Crippen molar-refractivity contribution in [3.05, 3.63) is 136 Å². The Bertz CT molecular complexity index is 1580. The number of carbonyl (C=O) groups excluding carboxylic acids is 1. The lowest BCUT2D eigenvalue weighted by Gasteiger charge is -2.18. The Hall–Kier alpha value is -4.23. The molecule has 0 fully saturated rings. The highest BCUT2D eigenvalue weighted by atomic mass is 35.5. The molecule has 1 amide bonds. The van der Waals surface area contributed by atoms with E-state index in [2.05, 4.69) is 72.5 Å². The lowest BCUT2D eigenvalue weighted by Crippen LogP contribution is -2.34. The molecule has 214 valence electrons. The second-order valence-electron chi connectivity index (χ2n) is 10.4. The van der Waals surface area contributed by atoms with E-state index in [-0.39, 0.29) is 0 Å². The van der Waals surface area contributed by atoms with Gasteiger partial charge in [-0.1, -0.05) is 90.5 Å². The molecule has 4 aromatic carbocycles. The number of anilines is 1. The van der Waals surface area contributed by atoms with Gasteiger partial charge < -0.3 is 19.6 Å². The number of fused-ring (bicyclic) bond motifs is 3. The summed E-state index contributed by atoms with van der Waals surface area (Å²) in [7, 11) is 5.83. The minimum Gasteiger partial charge on any atom is -0.488 e. The van der Waals surface area contributed by atoms with Crippen molar-refractivity contribution in [1.29, 1.82) is 0 Å². The van der Waals surface area contributed by atoms with Gasteiger partial charge in [-0.15, -0.1) is 0 Å². The van der Waals surface area contributed by atoms with Gasteiger partial charge in [0.15, 0.2) is 0 Å². The summed E-state index contributed by atoms with van der Waals surface area (Å²) in [5.74, 6) is 0.509. The summed E-state index contributed by atoms with van der Waals surface area (Å²) in [6.07, 6.45) is 1.95. The Morgan fingerprint density at radius 2 is 1.64 bits per heavy atom. The normalized spacial score (nSPS) is 16.7. The van der Waals surface area contributed by atoms with Crippen LogP contribution in [0.2, 0.25) is 5.02 Å². The summed E-state index contributed by atoms with van der Waals surface area (Å²) in [5.41, 5.74) is 7.80. The molecule has 6 nitrogen and oxygen atoms in total. The number of para-hydroxylation sites is 1. The molecule has 0 aliphatic carbocycles. The molecule has 2 aliphatic heterocycles. The lowest BCUT2D eigenvalue weighted by atomic mass is 9.93. The zero-order valence-corrected chi connectivity index (χ0v) is 24.8. The zero-order valence-electron chi connectivity index (χ0n) is 24.0. The van der Waals surface area contributed by atoms with E-state index < -0.39 is 12.1 Å². The molecule has 7 heteroatoms. The molecule has 0 aromatic heterocycles. The van der Waals surface area contributed by atoms with Crippen molar-refractivity contribution < 1.29 is 14.6 Å². The van der Waals surface area contributed by atoms with Crippen molar-refractivity contribution >= 4 is 34.5 Å². The van der Waals surface area contributed by atoms with Gasteiger partial charge in [0.25, 0.3) is 5.91 Å². The van der Waals surface area contributed by atoms with Crippen LogP contribution in [0.4, 0.5) is 5.69 Å². The molecule has 2 heterocycles. The van der Waals surface area contributed by atoms with Crippen LogP contribution in [0, 0.1) is 0 Å². The molecular formula is C35H34ClN3O3. The molecule has 1 N–H and O–H groups in total. The van der Waals surface area contributed by atoms with Crippen LogP contribution in [0.25, 0.3) is 5.57 Å². The summed E-state index contributed by atoms with van der Waals surface area (Å²) >= 11 is 6.08. The van der Waals surface area contributed by atoms with Crippen LogP contribution < -0.4 is 9.64 Å². The molecule has 6 rings (SSSR count). The van der Waals surface area contributed by atoms with Crippen molar-refractivity contribution in [3.8, 4) is 5.75 Å². The highest BCUT2D eigenvalue weighted by Crippen LogP contribution is 2.36. The highest BCUT2D eigenvalue weighted by Gasteiger charge is 2.28. The fraction of sp³-hybridized carbons (Fsp3) is 0.200. The number of carbonyl (C=O) groups is 1. The SMILES string of the molecule is CN(C)CCC=C1c2ccccc2COc2ccccc21.CN1C(=O)C(O)N=C(c2ccccc2)c2cc(Cl)ccc21. The zero-order chi connectivity index (χ0) is 29.6. The van der Waals surface area contributed by atoms with Gasteiger partial charge in [0.05, 0.1) is 11.4 Å². The van der Waals surface area contributed by atoms with E-state index in [1.165, 1.54) is 27.2 Å². The molecule has 42 heavy (non-hydrogen) atoms. The van der Waals surface area contributed by atoms with Gasteiger partial charge >= 0.3 is 0 Å². The molecule has 0 radical (unpaired) electrons. The predicted molar refractivity (Wildman–Crippen MR) is 170 cm³/mol. The second-order valence-corrected chi connectivity index (χ2v) is 10.9. The first-order chi connectivity index (χ1) is 20.3. The van der Waals surface area contributed by atoms with E-state index in [0.717, 1.165) is 29.8 Å². The largest absolute Gasteiger partial charge is 0.488 e. The number of aliphatic imine (C=N–C) groups is 1. The van der Waals surface area contributed by atoms with Gasteiger partial charge in [0, 0.05) is 35.3 Å². The Morgan fingerprint density at radius 1 is 0.952 bits per heavy atom. The third-order valence-electron chi connectivity index (χ3n) is 7.22. The molecular weight excluding hydrogens is 546 g/mol. The third-order valence-corrected chi connectivity index (χ3v) is 7.45. The third kappa shape index (κ3) is 6.47. The average molecular weight is 580 g/mol. The van der Waals surface area contributed by atoms with Gasteiger partial charge in [-0.3, -0.25) is 4.79 Å². The molecule has 0 spiro atoms. The summed E-state index contributed by atoms with van der Waals surface area (Å²) in [6, 6.07) is 31.5. The molecule has 2 aliphatic rings. The van der Waals surface area contributed by atoms with Crippen molar-refractivity contribution in [2.24, 2.45) is 4.99 Å². The Labute approximate surface area is 252 Å². The monoisotopic (exact) mass is 579 g/mol. The van der Waals surface area contributed by atoms with E-state index >= 15 is 0 Å². The summed E-state index contributed by atoms with van der Waals surface area (Å²) in [5, 5.41) is 10.5. The van der Waals surface area contributed by atoms with Gasteiger partial charge in [-0.2, -0.15) is 0 Å². The molecule has 1 unspecified atom stereocenters. The smallest absolute Gasteiger partial charge is 0.278 e. The minimum absolute atomic E-state index is 0.468. The number of hydrogen-bond donors (Lipinski definition) is 1. The molecule has 0 saturated heterocycles. The second kappa shape index (κ2) is 13.2. The van der Waals surface area contributed by atoms with E-state index in [4.69, 9.17) is 16.3 Å². The maximum absolute atomic E-state index is 12.1. The van der Waals surface area contributed by atoms with Crippen molar-refractivity contribution in [2.45, 2.75) is 19.3 Å². The maximum atomic E-state index is 12.1. The van der Waals surface area contributed by atoms with Crippen LogP contribution >= 0.6 is 11.6 Å². The number of halogens is 1. The van der Waals surface area contributed by atoms with Crippen molar-refractivity contribution in [1.82, 2.24) is 4.90 Å². The summed E-state index contributed by atoms with van der Waals surface area (Å²) in [6.45, 7) is 1.69. The lowest BCUT2D eigenvalue weighted by molar-refractivity contribution is -0.125. The quantitative estimate of drug-likeness (QED) is 0.302. The Kier molecular flexibility index (Phi) is 9.18. The predicted octanol–water partition coefficient (Wildman–Crippen LogP) is 6.43. The van der Waals surface area contributed by atoms with Crippen LogP contribution in [-0.2, 0) is 11.4 Å². The number of benzodiazepines with no additional fused rings is 1. The van der Waals surface area contributed by atoms with E-state index in [0.29, 0.717) is 23.0 Å². The minimum atomic E-state index is -1.42. The first kappa shape index (κ1) is 29.3. The Balaban J connectivity index is 0.000000168. The number of ether oxygens (including phenoxy) is 1. The van der Waals surface area contributed by atoms with E-state index in [9.17, 15) is 9.90 Å². The summed E-state index contributed by atoms with van der Waals surface area (Å²) in [4.78, 5) is 19.9. The van der Waals surface area contributed by atoms with Crippen LogP contribution in [-0.4, -0.2) is 55.5 Å². The van der Waals surface area contributed by atoms with Gasteiger partial charge in [0.1, 0.15) is 12.4 Å². The fourth-order valence-electron chi connectivity index (χ4n) is 5.07. The van der Waals surface area contributed by atoms with Crippen LogP contribution in [0.5, 0.6) is 5.75 Å². The van der Waals surface area contributed by atoms with Gasteiger partial charge in [0.2, 0.25) is 6.23 Å². The fourth-order valence-corrected chi connectivity index (χ4v) is 5.24. The number of benzene rings is 4. The van der Waals surface area contributed by atoms with E-state index in [1.807, 2.05) is 36.4 Å². The average Bonchev–Trinajstić information content (AvgIpc) is 3.21. The van der Waals surface area contributed by atoms with Crippen LogP contribution in [0.15, 0.2) is 108 Å². The Morgan fingerprint density at radius 3 is 2.40 bits per heavy atom. The maximum Gasteiger partial charge on any atom is 0.278 e. The number of likely N-dealkylation sites (N-methyl/N-ethyl adjacent to an activating group) is 1. The topological polar surface area (TPSA) is 65.4 Å². The number of rotatable bonds is 4. The molecule has 0 saturated carbocycles. The standard InChI is InChI=1S/C19H21NO.C16H13ClN2O2/c1-20(2)13-7-11-17-16-9-4-3-8-15(16)14-21-19-12-6-5-10-18(17)19;1-19-13-8-7-11(17)9-12(13)14(18-15(20)16(19)21)10-5-3-2-4-6-10/h3-6,8-12H,7,13-14H2,1-2H3;2-9,15,20H,1H3. The first-order valence-electron chi connectivity index (χ1n) is 13.9. The number of aliphatic hydroxyl groups excluding tert-OH is 1. The van der Waals surface area contributed by atoms with Gasteiger partial charge in [-0.25, -0.2) is 4.99 Å². The molecule has 1 atom stereocenters. The number of hydrogen-bond acceptors (Lipinski definition) is 5. The number of amides is 1. The van der Waals surface area contributed by atoms with E-state index in [1.54, 1.807) is 25.2 Å². The summed E-state index contributed by atoms with van der Waals surface area (Å²) < 4.78 is 5.98. The number of aliphatic hydroxyl groups is 1. The van der Waals surface area contributed by atoms with Crippen LogP contribution in [0.1, 0.15) is 34.2 Å². The number of nitrogens with zero attached hydrogens (tertiary/aromatic N) is 3. The van der Waals surface area contributed by atoms with Crippen molar-refractivity contribution in [2.75, 3.05) is 32.6 Å². The van der Waals surface area contributed by atoms with Crippen LogP contribution in [0.3, 0.4) is 0 Å².